The Morgan fingerprint density at radius 2 is 2.05 bits per heavy atom. The second kappa shape index (κ2) is 5.30. The Kier molecular flexibility index (Phi) is 3.91. The van der Waals surface area contributed by atoms with Crippen molar-refractivity contribution in [3.63, 3.8) is 0 Å². The SMILES string of the molecule is Cl.O=C1N(c2ccc(F)c(F)c2)CC2CNCCN12. The molecule has 0 saturated carbocycles. The van der Waals surface area contributed by atoms with Crippen LogP contribution in [0.5, 0.6) is 0 Å². The van der Waals surface area contributed by atoms with E-state index in [9.17, 15) is 13.6 Å². The van der Waals surface area contributed by atoms with Crippen LogP contribution in [0.1, 0.15) is 0 Å². The highest BCUT2D eigenvalue weighted by molar-refractivity contribution is 5.94. The molecule has 1 aromatic rings. The van der Waals surface area contributed by atoms with Gasteiger partial charge in [0.25, 0.3) is 0 Å². The molecule has 2 fully saturated rings. The minimum absolute atomic E-state index is 0. The Balaban J connectivity index is 0.00000133. The van der Waals surface area contributed by atoms with Gasteiger partial charge in [0.1, 0.15) is 0 Å². The first kappa shape index (κ1) is 14.0. The van der Waals surface area contributed by atoms with Crippen LogP contribution in [0.15, 0.2) is 18.2 Å². The molecule has 2 aliphatic rings. The van der Waals surface area contributed by atoms with E-state index < -0.39 is 11.6 Å². The summed E-state index contributed by atoms with van der Waals surface area (Å²) in [5, 5.41) is 3.21. The van der Waals surface area contributed by atoms with Crippen molar-refractivity contribution < 1.29 is 13.6 Å². The van der Waals surface area contributed by atoms with Gasteiger partial charge in [0.2, 0.25) is 0 Å². The average Bonchev–Trinajstić information content (AvgIpc) is 2.71. The molecule has 2 heterocycles. The first-order valence-electron chi connectivity index (χ1n) is 5.91. The second-order valence-electron chi connectivity index (χ2n) is 4.54. The summed E-state index contributed by atoms with van der Waals surface area (Å²) in [6.45, 7) is 2.68. The van der Waals surface area contributed by atoms with Gasteiger partial charge in [0, 0.05) is 37.9 Å². The lowest BCUT2D eigenvalue weighted by molar-refractivity contribution is 0.193. The Morgan fingerprint density at radius 1 is 1.26 bits per heavy atom. The summed E-state index contributed by atoms with van der Waals surface area (Å²) in [6.07, 6.45) is 0. The van der Waals surface area contributed by atoms with Crippen LogP contribution in [-0.4, -0.2) is 43.2 Å². The van der Waals surface area contributed by atoms with Crippen molar-refractivity contribution in [3.8, 4) is 0 Å². The number of carbonyl (C=O) groups is 1. The van der Waals surface area contributed by atoms with Gasteiger partial charge in [-0.15, -0.1) is 12.4 Å². The third kappa shape index (κ3) is 2.37. The van der Waals surface area contributed by atoms with Gasteiger partial charge in [-0.05, 0) is 12.1 Å². The van der Waals surface area contributed by atoms with Crippen molar-refractivity contribution >= 4 is 24.1 Å². The van der Waals surface area contributed by atoms with E-state index in [0.717, 1.165) is 25.2 Å². The number of benzene rings is 1. The fraction of sp³-hybridized carbons (Fsp3) is 0.417. The number of nitrogens with one attached hydrogen (secondary N) is 1. The zero-order chi connectivity index (χ0) is 12.7. The lowest BCUT2D eigenvalue weighted by Gasteiger charge is -2.28. The fourth-order valence-electron chi connectivity index (χ4n) is 2.49. The average molecular weight is 290 g/mol. The quantitative estimate of drug-likeness (QED) is 0.852. The van der Waals surface area contributed by atoms with E-state index in [1.165, 1.54) is 11.0 Å². The molecule has 4 nitrogen and oxygen atoms in total. The Hall–Kier alpha value is -1.40. The minimum atomic E-state index is -0.928. The van der Waals surface area contributed by atoms with Gasteiger partial charge < -0.3 is 10.2 Å². The number of amides is 2. The summed E-state index contributed by atoms with van der Waals surface area (Å²) in [5.74, 6) is -1.83. The molecule has 2 saturated heterocycles. The number of fused-ring (bicyclic) bond motifs is 1. The number of hydrogen-bond donors (Lipinski definition) is 1. The number of hydrogen-bond acceptors (Lipinski definition) is 2. The predicted molar refractivity (Wildman–Crippen MR) is 69.7 cm³/mol. The topological polar surface area (TPSA) is 35.6 Å². The monoisotopic (exact) mass is 289 g/mol. The number of piperazine rings is 1. The van der Waals surface area contributed by atoms with Crippen LogP contribution >= 0.6 is 12.4 Å². The highest BCUT2D eigenvalue weighted by Crippen LogP contribution is 2.25. The molecule has 0 aromatic heterocycles. The summed E-state index contributed by atoms with van der Waals surface area (Å²) in [4.78, 5) is 15.4. The first-order valence-corrected chi connectivity index (χ1v) is 5.91. The summed E-state index contributed by atoms with van der Waals surface area (Å²) in [5.41, 5.74) is 0.410. The van der Waals surface area contributed by atoms with E-state index in [2.05, 4.69) is 5.32 Å². The zero-order valence-corrected chi connectivity index (χ0v) is 10.9. The number of nitrogens with zero attached hydrogens (tertiary/aromatic N) is 2. The van der Waals surface area contributed by atoms with Crippen LogP contribution < -0.4 is 10.2 Å². The number of rotatable bonds is 1. The van der Waals surface area contributed by atoms with Crippen LogP contribution in [0.25, 0.3) is 0 Å². The molecule has 0 bridgehead atoms. The maximum Gasteiger partial charge on any atom is 0.324 e. The first-order chi connectivity index (χ1) is 8.66. The molecule has 0 spiro atoms. The molecule has 1 N–H and O–H groups in total. The van der Waals surface area contributed by atoms with Gasteiger partial charge in [-0.2, -0.15) is 0 Å². The van der Waals surface area contributed by atoms with Gasteiger partial charge >= 0.3 is 6.03 Å². The van der Waals surface area contributed by atoms with Gasteiger partial charge in [-0.25, -0.2) is 13.6 Å². The van der Waals surface area contributed by atoms with Gasteiger partial charge in [-0.3, -0.25) is 4.90 Å². The summed E-state index contributed by atoms with van der Waals surface area (Å²) in [6, 6.07) is 3.53. The molecule has 19 heavy (non-hydrogen) atoms. The minimum Gasteiger partial charge on any atom is -0.317 e. The third-order valence-corrected chi connectivity index (χ3v) is 3.44. The molecule has 2 aliphatic heterocycles. The van der Waals surface area contributed by atoms with E-state index >= 15 is 0 Å². The van der Waals surface area contributed by atoms with Gasteiger partial charge in [-0.1, -0.05) is 0 Å². The molecule has 1 atom stereocenters. The molecule has 3 rings (SSSR count). The molecule has 0 radical (unpaired) electrons. The molecule has 0 aliphatic carbocycles. The van der Waals surface area contributed by atoms with Crippen molar-refractivity contribution in [2.45, 2.75) is 6.04 Å². The second-order valence-corrected chi connectivity index (χ2v) is 4.54. The molecule has 1 aromatic carbocycles. The van der Waals surface area contributed by atoms with Crippen molar-refractivity contribution in [2.24, 2.45) is 0 Å². The molecule has 1 unspecified atom stereocenters. The Bertz CT molecular complexity index is 500. The van der Waals surface area contributed by atoms with E-state index in [1.54, 1.807) is 4.90 Å². The van der Waals surface area contributed by atoms with E-state index in [0.29, 0.717) is 18.8 Å². The van der Waals surface area contributed by atoms with Crippen LogP contribution in [0.4, 0.5) is 19.3 Å². The molecule has 2 amide bonds. The lowest BCUT2D eigenvalue weighted by atomic mass is 10.2. The van der Waals surface area contributed by atoms with Crippen molar-refractivity contribution in [3.05, 3.63) is 29.8 Å². The summed E-state index contributed by atoms with van der Waals surface area (Å²) < 4.78 is 26.1. The number of carbonyl (C=O) groups excluding carboxylic acids is 1. The van der Waals surface area contributed by atoms with E-state index in [-0.39, 0.29) is 24.5 Å². The van der Waals surface area contributed by atoms with Crippen LogP contribution in [0.3, 0.4) is 0 Å². The standard InChI is InChI=1S/C12H13F2N3O.ClH/c13-10-2-1-8(5-11(10)14)17-7-9-6-15-3-4-16(9)12(17)18;/h1-2,5,9,15H,3-4,6-7H2;1H. The van der Waals surface area contributed by atoms with Crippen molar-refractivity contribution in [1.29, 1.82) is 0 Å². The maximum absolute atomic E-state index is 13.2. The summed E-state index contributed by atoms with van der Waals surface area (Å²) >= 11 is 0. The number of halogens is 3. The smallest absolute Gasteiger partial charge is 0.317 e. The number of anilines is 1. The van der Waals surface area contributed by atoms with Crippen molar-refractivity contribution in [2.75, 3.05) is 31.1 Å². The maximum atomic E-state index is 13.2. The largest absolute Gasteiger partial charge is 0.324 e. The van der Waals surface area contributed by atoms with Crippen LogP contribution in [0, 0.1) is 11.6 Å². The van der Waals surface area contributed by atoms with Crippen LogP contribution in [-0.2, 0) is 0 Å². The van der Waals surface area contributed by atoms with Gasteiger partial charge in [0.05, 0.1) is 6.04 Å². The highest BCUT2D eigenvalue weighted by Gasteiger charge is 2.39. The lowest BCUT2D eigenvalue weighted by Crippen LogP contribution is -2.49. The van der Waals surface area contributed by atoms with Crippen molar-refractivity contribution in [1.82, 2.24) is 10.2 Å². The van der Waals surface area contributed by atoms with Crippen LogP contribution in [0.2, 0.25) is 0 Å². The molecular weight excluding hydrogens is 276 g/mol. The fourth-order valence-corrected chi connectivity index (χ4v) is 2.49. The molecule has 104 valence electrons. The van der Waals surface area contributed by atoms with E-state index in [4.69, 9.17) is 0 Å². The molecular formula is C12H14ClF2N3O. The predicted octanol–water partition coefficient (Wildman–Crippen LogP) is 1.60. The number of urea groups is 1. The normalized spacial score (nSPS) is 22.2. The third-order valence-electron chi connectivity index (χ3n) is 3.44. The van der Waals surface area contributed by atoms with Gasteiger partial charge in [0.15, 0.2) is 11.6 Å². The highest BCUT2D eigenvalue weighted by atomic mass is 35.5. The Morgan fingerprint density at radius 3 is 2.74 bits per heavy atom. The molecule has 7 heteroatoms. The zero-order valence-electron chi connectivity index (χ0n) is 10.1. The van der Waals surface area contributed by atoms with E-state index in [1.807, 2.05) is 0 Å². The Labute approximate surface area is 115 Å². The summed E-state index contributed by atoms with van der Waals surface area (Å²) in [7, 11) is 0.